The molecular formula is C16H31N3O2. The predicted octanol–water partition coefficient (Wildman–Crippen LogP) is 1.28. The van der Waals surface area contributed by atoms with E-state index >= 15 is 0 Å². The normalized spacial score (nSPS) is 35.1. The monoisotopic (exact) mass is 297 g/mol. The van der Waals surface area contributed by atoms with Crippen molar-refractivity contribution in [3.8, 4) is 0 Å². The van der Waals surface area contributed by atoms with Crippen LogP contribution >= 0.6 is 0 Å². The smallest absolute Gasteiger partial charge is 0.0871 e. The molecule has 2 aliphatic heterocycles. The zero-order valence-corrected chi connectivity index (χ0v) is 13.4. The van der Waals surface area contributed by atoms with Gasteiger partial charge in [-0.1, -0.05) is 19.8 Å². The molecule has 3 fully saturated rings. The maximum atomic E-state index is 6.16. The molecule has 3 aliphatic rings. The third-order valence-electron chi connectivity index (χ3n) is 5.77. The summed E-state index contributed by atoms with van der Waals surface area (Å²) >= 11 is 0. The summed E-state index contributed by atoms with van der Waals surface area (Å²) < 4.78 is 12.2. The lowest BCUT2D eigenvalue weighted by Gasteiger charge is -2.45. The molecule has 1 aliphatic carbocycles. The summed E-state index contributed by atoms with van der Waals surface area (Å²) in [6.45, 7) is 7.06. The Labute approximate surface area is 128 Å². The lowest BCUT2D eigenvalue weighted by Crippen LogP contribution is -2.58. The first kappa shape index (κ1) is 15.7. The van der Waals surface area contributed by atoms with Crippen molar-refractivity contribution in [2.24, 2.45) is 11.8 Å². The number of nitrogens with two attached hydrogens (primary N) is 1. The van der Waals surface area contributed by atoms with Gasteiger partial charge in [-0.15, -0.1) is 0 Å². The molecule has 3 unspecified atom stereocenters. The van der Waals surface area contributed by atoms with Crippen LogP contribution in [0, 0.1) is 5.92 Å². The summed E-state index contributed by atoms with van der Waals surface area (Å²) in [7, 11) is 0. The Morgan fingerprint density at radius 3 is 2.86 bits per heavy atom. The molecule has 3 N–H and O–H groups in total. The van der Waals surface area contributed by atoms with Gasteiger partial charge in [0, 0.05) is 19.7 Å². The number of hydrazine groups is 1. The topological polar surface area (TPSA) is 59.8 Å². The van der Waals surface area contributed by atoms with E-state index in [1.165, 1.54) is 25.7 Å². The first-order valence-electron chi connectivity index (χ1n) is 8.70. The van der Waals surface area contributed by atoms with Crippen LogP contribution in [0.1, 0.15) is 45.4 Å². The van der Waals surface area contributed by atoms with Crippen molar-refractivity contribution in [1.29, 1.82) is 0 Å². The van der Waals surface area contributed by atoms with E-state index in [9.17, 15) is 0 Å². The molecule has 0 aromatic carbocycles. The van der Waals surface area contributed by atoms with Crippen molar-refractivity contribution in [3.63, 3.8) is 0 Å². The molecule has 0 radical (unpaired) electrons. The third kappa shape index (κ3) is 3.42. The first-order chi connectivity index (χ1) is 10.3. The summed E-state index contributed by atoms with van der Waals surface area (Å²) in [5.41, 5.74) is 3.24. The van der Waals surface area contributed by atoms with E-state index in [1.54, 1.807) is 0 Å². The van der Waals surface area contributed by atoms with Gasteiger partial charge in [0.05, 0.1) is 24.4 Å². The second-order valence-corrected chi connectivity index (χ2v) is 6.99. The van der Waals surface area contributed by atoms with Gasteiger partial charge in [-0.2, -0.15) is 0 Å². The average molecular weight is 297 g/mol. The zero-order chi connectivity index (χ0) is 14.7. The molecule has 21 heavy (non-hydrogen) atoms. The van der Waals surface area contributed by atoms with Crippen LogP contribution in [0.2, 0.25) is 0 Å². The van der Waals surface area contributed by atoms with Crippen molar-refractivity contribution in [2.75, 3.05) is 32.8 Å². The SMILES string of the molecule is CCN1CCOC(C(NN)C2CCOC3(CCCC3)C2)C1. The Morgan fingerprint density at radius 1 is 1.33 bits per heavy atom. The number of hydrogen-bond donors (Lipinski definition) is 2. The van der Waals surface area contributed by atoms with E-state index in [2.05, 4.69) is 17.2 Å². The molecule has 122 valence electrons. The number of nitrogens with zero attached hydrogens (tertiary/aromatic N) is 1. The van der Waals surface area contributed by atoms with Crippen LogP contribution in [-0.4, -0.2) is 55.5 Å². The quantitative estimate of drug-likeness (QED) is 0.605. The molecule has 3 atom stereocenters. The molecule has 0 aromatic rings. The van der Waals surface area contributed by atoms with Crippen LogP contribution in [-0.2, 0) is 9.47 Å². The molecule has 0 amide bonds. The summed E-state index contributed by atoms with van der Waals surface area (Å²) in [6.07, 6.45) is 7.55. The van der Waals surface area contributed by atoms with Gasteiger partial charge in [0.25, 0.3) is 0 Å². The molecule has 1 spiro atoms. The summed E-state index contributed by atoms with van der Waals surface area (Å²) in [5, 5.41) is 0. The van der Waals surface area contributed by atoms with Crippen LogP contribution in [0.3, 0.4) is 0 Å². The Balaban J connectivity index is 1.64. The van der Waals surface area contributed by atoms with E-state index in [4.69, 9.17) is 15.3 Å². The van der Waals surface area contributed by atoms with Gasteiger partial charge in [-0.25, -0.2) is 0 Å². The van der Waals surface area contributed by atoms with Gasteiger partial charge < -0.3 is 9.47 Å². The van der Waals surface area contributed by atoms with Crippen LogP contribution in [0.4, 0.5) is 0 Å². The van der Waals surface area contributed by atoms with Gasteiger partial charge in [0.15, 0.2) is 0 Å². The Morgan fingerprint density at radius 2 is 2.14 bits per heavy atom. The first-order valence-corrected chi connectivity index (χ1v) is 8.70. The maximum absolute atomic E-state index is 6.16. The van der Waals surface area contributed by atoms with Crippen molar-refractivity contribution in [3.05, 3.63) is 0 Å². The maximum Gasteiger partial charge on any atom is 0.0871 e. The lowest BCUT2D eigenvalue weighted by molar-refractivity contribution is -0.117. The van der Waals surface area contributed by atoms with Gasteiger partial charge >= 0.3 is 0 Å². The Bertz CT molecular complexity index is 333. The summed E-state index contributed by atoms with van der Waals surface area (Å²) in [6, 6.07) is 0.251. The summed E-state index contributed by atoms with van der Waals surface area (Å²) in [5.74, 6) is 6.49. The van der Waals surface area contributed by atoms with Gasteiger partial charge in [-0.05, 0) is 38.1 Å². The van der Waals surface area contributed by atoms with E-state index < -0.39 is 0 Å². The number of hydrogen-bond acceptors (Lipinski definition) is 5. The fraction of sp³-hybridized carbons (Fsp3) is 1.00. The van der Waals surface area contributed by atoms with Crippen molar-refractivity contribution >= 4 is 0 Å². The average Bonchev–Trinajstić information content (AvgIpc) is 2.96. The predicted molar refractivity (Wildman–Crippen MR) is 82.8 cm³/mol. The molecule has 5 heteroatoms. The molecule has 1 saturated carbocycles. The van der Waals surface area contributed by atoms with Crippen molar-refractivity contribution in [2.45, 2.75) is 63.2 Å². The second kappa shape index (κ2) is 6.92. The summed E-state index contributed by atoms with van der Waals surface area (Å²) in [4.78, 5) is 2.46. The standard InChI is InChI=1S/C16H31N3O2/c1-2-19-8-10-20-14(12-19)15(18-17)13-5-9-21-16(11-13)6-3-4-7-16/h13-15,18H,2-12,17H2,1H3. The van der Waals surface area contributed by atoms with Gasteiger partial charge in [0.2, 0.25) is 0 Å². The number of morpholine rings is 1. The third-order valence-corrected chi connectivity index (χ3v) is 5.77. The molecule has 5 nitrogen and oxygen atoms in total. The van der Waals surface area contributed by atoms with Crippen molar-refractivity contribution < 1.29 is 9.47 Å². The number of nitrogens with one attached hydrogen (secondary N) is 1. The highest BCUT2D eigenvalue weighted by Crippen LogP contribution is 2.43. The van der Waals surface area contributed by atoms with Gasteiger partial charge in [0.1, 0.15) is 0 Å². The number of ether oxygens (including phenoxy) is 2. The van der Waals surface area contributed by atoms with Crippen LogP contribution in [0.25, 0.3) is 0 Å². The molecule has 0 bridgehead atoms. The zero-order valence-electron chi connectivity index (χ0n) is 13.4. The minimum atomic E-state index is 0.150. The fourth-order valence-corrected chi connectivity index (χ4v) is 4.52. The Hall–Kier alpha value is -0.200. The minimum Gasteiger partial charge on any atom is -0.375 e. The molecule has 0 aromatic heterocycles. The molecule has 3 rings (SSSR count). The van der Waals surface area contributed by atoms with Gasteiger partial charge in [-0.3, -0.25) is 16.2 Å². The Kier molecular flexibility index (Phi) is 5.17. The molecular weight excluding hydrogens is 266 g/mol. The van der Waals surface area contributed by atoms with Crippen LogP contribution < -0.4 is 11.3 Å². The van der Waals surface area contributed by atoms with E-state index in [0.29, 0.717) is 5.92 Å². The number of likely N-dealkylation sites (N-methyl/N-ethyl adjacent to an activating group) is 1. The van der Waals surface area contributed by atoms with Crippen LogP contribution in [0.5, 0.6) is 0 Å². The highest BCUT2D eigenvalue weighted by atomic mass is 16.5. The number of rotatable bonds is 4. The molecule has 2 heterocycles. The second-order valence-electron chi connectivity index (χ2n) is 6.99. The van der Waals surface area contributed by atoms with E-state index in [1.807, 2.05) is 0 Å². The lowest BCUT2D eigenvalue weighted by atomic mass is 9.79. The highest BCUT2D eigenvalue weighted by molar-refractivity contribution is 4.96. The largest absolute Gasteiger partial charge is 0.375 e. The highest BCUT2D eigenvalue weighted by Gasteiger charge is 2.44. The van der Waals surface area contributed by atoms with Crippen molar-refractivity contribution in [1.82, 2.24) is 10.3 Å². The molecule has 2 saturated heterocycles. The van der Waals surface area contributed by atoms with Crippen LogP contribution in [0.15, 0.2) is 0 Å². The fourth-order valence-electron chi connectivity index (χ4n) is 4.52. The van der Waals surface area contributed by atoms with E-state index in [-0.39, 0.29) is 17.7 Å². The van der Waals surface area contributed by atoms with E-state index in [0.717, 1.165) is 45.7 Å². The minimum absolute atomic E-state index is 0.150.